The molecule has 0 spiro atoms. The van der Waals surface area contributed by atoms with Crippen LogP contribution in [0.15, 0.2) is 120 Å². The van der Waals surface area contributed by atoms with Gasteiger partial charge in [-0.25, -0.2) is 11.3 Å². The topological polar surface area (TPSA) is 0 Å². The fraction of sp³-hybridized carbons (Fsp3) is 0.211. The van der Waals surface area contributed by atoms with Crippen molar-refractivity contribution in [1.29, 1.82) is 0 Å². The van der Waals surface area contributed by atoms with Gasteiger partial charge in [0, 0.05) is 8.07 Å². The molecule has 1 aliphatic carbocycles. The van der Waals surface area contributed by atoms with Crippen LogP contribution in [0.3, 0.4) is 0 Å². The minimum atomic E-state index is -1.01. The van der Waals surface area contributed by atoms with Crippen LogP contribution in [0.25, 0.3) is 21.5 Å². The van der Waals surface area contributed by atoms with E-state index in [4.69, 9.17) is 0 Å². The van der Waals surface area contributed by atoms with Gasteiger partial charge >= 0.3 is 99.2 Å². The van der Waals surface area contributed by atoms with Crippen molar-refractivity contribution in [2.24, 2.45) is 0 Å². The molecule has 4 heteroatoms. The summed E-state index contributed by atoms with van der Waals surface area (Å²) in [6.07, 6.45) is 11.0. The zero-order chi connectivity index (χ0) is 28.5. The van der Waals surface area contributed by atoms with Gasteiger partial charge in [-0.2, -0.15) is 6.08 Å². The molecule has 5 aromatic rings. The van der Waals surface area contributed by atoms with E-state index >= 15 is 0 Å². The molecule has 0 saturated carbocycles. The van der Waals surface area contributed by atoms with Crippen molar-refractivity contribution >= 4 is 32.8 Å². The molecule has 0 N–H and O–H groups in total. The first-order valence-corrected chi connectivity index (χ1v) is 19.1. The molecule has 0 nitrogen and oxygen atoms in total. The second-order valence-corrected chi connectivity index (χ2v) is 17.5. The molecule has 0 fully saturated rings. The SMILES string of the molecule is CCc1ccc2c(c1)[cH-]c1cc(CC)ccc12.C[Si](C)(C)C1=[C-]CC=C1.[Cl-].[Cl-].[Zr+2]=[C](c1ccccc1)c1ccccc1. The second-order valence-electron chi connectivity index (χ2n) is 11.2. The summed E-state index contributed by atoms with van der Waals surface area (Å²) in [6.45, 7) is 11.5. The number of aryl methyl sites for hydroxylation is 2. The Morgan fingerprint density at radius 2 is 1.17 bits per heavy atom. The summed E-state index contributed by atoms with van der Waals surface area (Å²) >= 11 is 1.46. The van der Waals surface area contributed by atoms with E-state index in [1.165, 1.54) is 76.4 Å². The molecule has 0 bridgehead atoms. The van der Waals surface area contributed by atoms with E-state index in [1.54, 1.807) is 0 Å². The van der Waals surface area contributed by atoms with Gasteiger partial charge < -0.3 is 24.8 Å². The Hall–Kier alpha value is -2.22. The third-order valence-electron chi connectivity index (χ3n) is 7.28. The maximum atomic E-state index is 3.36. The van der Waals surface area contributed by atoms with Crippen molar-refractivity contribution < 1.29 is 49.0 Å². The van der Waals surface area contributed by atoms with E-state index < -0.39 is 8.07 Å². The fourth-order valence-electron chi connectivity index (χ4n) is 4.86. The van der Waals surface area contributed by atoms with Crippen LogP contribution in [-0.2, 0) is 37.1 Å². The van der Waals surface area contributed by atoms with Crippen LogP contribution in [0.5, 0.6) is 0 Å². The summed E-state index contributed by atoms with van der Waals surface area (Å²) in [4.78, 5) is 0. The van der Waals surface area contributed by atoms with Crippen LogP contribution in [-0.4, -0.2) is 11.3 Å². The number of rotatable bonds is 5. The molecule has 0 saturated heterocycles. The molecule has 0 atom stereocenters. The van der Waals surface area contributed by atoms with Crippen molar-refractivity contribution in [2.45, 2.75) is 52.8 Å². The summed E-state index contributed by atoms with van der Waals surface area (Å²) in [6, 6.07) is 37.1. The van der Waals surface area contributed by atoms with E-state index in [1.807, 2.05) is 0 Å². The van der Waals surface area contributed by atoms with E-state index in [2.05, 4.69) is 155 Å². The molecular formula is C38H40Cl2SiZr-2. The molecule has 0 heterocycles. The number of allylic oxidation sites excluding steroid dienone is 4. The third kappa shape index (κ3) is 9.65. The minimum absolute atomic E-state index is 0. The van der Waals surface area contributed by atoms with Gasteiger partial charge in [-0.15, -0.1) is 46.2 Å². The Kier molecular flexibility index (Phi) is 14.7. The molecule has 0 radical (unpaired) electrons. The van der Waals surface area contributed by atoms with Crippen LogP contribution >= 0.6 is 0 Å². The van der Waals surface area contributed by atoms with Crippen molar-refractivity contribution in [3.05, 3.63) is 149 Å². The molecule has 0 aromatic heterocycles. The first-order valence-electron chi connectivity index (χ1n) is 14.4. The van der Waals surface area contributed by atoms with Gasteiger partial charge in [0.1, 0.15) is 0 Å². The second kappa shape index (κ2) is 17.2. The van der Waals surface area contributed by atoms with Crippen LogP contribution in [0.4, 0.5) is 0 Å². The molecule has 0 aliphatic heterocycles. The first kappa shape index (κ1) is 36.0. The van der Waals surface area contributed by atoms with Gasteiger partial charge in [-0.05, 0) is 12.8 Å². The summed E-state index contributed by atoms with van der Waals surface area (Å²) in [5, 5.41) is 7.03. The van der Waals surface area contributed by atoms with Crippen molar-refractivity contribution in [3.63, 3.8) is 0 Å². The molecule has 5 aromatic carbocycles. The predicted molar refractivity (Wildman–Crippen MR) is 176 cm³/mol. The third-order valence-corrected chi connectivity index (χ3v) is 10.7. The monoisotopic (exact) mass is 684 g/mol. The molecule has 216 valence electrons. The summed E-state index contributed by atoms with van der Waals surface area (Å²) < 4.78 is 1.42. The van der Waals surface area contributed by atoms with Crippen LogP contribution in [0, 0.1) is 6.08 Å². The number of halogens is 2. The fourth-order valence-corrected chi connectivity index (χ4v) is 6.93. The Bertz CT molecular complexity index is 1520. The van der Waals surface area contributed by atoms with Gasteiger partial charge in [0.25, 0.3) is 0 Å². The van der Waals surface area contributed by atoms with E-state index in [-0.39, 0.29) is 24.8 Å². The van der Waals surface area contributed by atoms with Gasteiger partial charge in [0.05, 0.1) is 0 Å². The number of hydrogen-bond donors (Lipinski definition) is 0. The average Bonchev–Trinajstić information content (AvgIpc) is 3.66. The number of benzene rings is 4. The first-order chi connectivity index (χ1) is 19.3. The van der Waals surface area contributed by atoms with Gasteiger partial charge in [0.2, 0.25) is 0 Å². The van der Waals surface area contributed by atoms with Crippen molar-refractivity contribution in [3.8, 4) is 0 Å². The van der Waals surface area contributed by atoms with Gasteiger partial charge in [0.15, 0.2) is 0 Å². The zero-order valence-electron chi connectivity index (χ0n) is 25.3. The quantitative estimate of drug-likeness (QED) is 0.192. The van der Waals surface area contributed by atoms with Crippen molar-refractivity contribution in [1.82, 2.24) is 0 Å². The Morgan fingerprint density at radius 1 is 0.714 bits per heavy atom. The van der Waals surface area contributed by atoms with E-state index in [0.717, 1.165) is 19.3 Å². The van der Waals surface area contributed by atoms with Crippen LogP contribution in [0.2, 0.25) is 19.6 Å². The number of hydrogen-bond acceptors (Lipinski definition) is 0. The molecule has 6 rings (SSSR count). The normalized spacial score (nSPS) is 11.8. The Morgan fingerprint density at radius 3 is 1.50 bits per heavy atom. The molecule has 42 heavy (non-hydrogen) atoms. The maximum absolute atomic E-state index is 3.36. The molecular weight excluding hydrogens is 647 g/mol. The van der Waals surface area contributed by atoms with Crippen LogP contribution in [0.1, 0.15) is 42.5 Å². The zero-order valence-corrected chi connectivity index (χ0v) is 30.3. The van der Waals surface area contributed by atoms with Crippen LogP contribution < -0.4 is 24.8 Å². The summed E-state index contributed by atoms with van der Waals surface area (Å²) in [5.74, 6) is 0. The van der Waals surface area contributed by atoms with Gasteiger partial charge in [-0.1, -0.05) is 68.9 Å². The van der Waals surface area contributed by atoms with E-state index in [0.29, 0.717) is 0 Å². The molecule has 1 aliphatic rings. The Labute approximate surface area is 281 Å². The Balaban J connectivity index is 0.000000225. The van der Waals surface area contributed by atoms with E-state index in [9.17, 15) is 0 Å². The average molecular weight is 687 g/mol. The van der Waals surface area contributed by atoms with Crippen molar-refractivity contribution in [2.75, 3.05) is 0 Å². The number of fused-ring (bicyclic) bond motifs is 3. The predicted octanol–water partition coefficient (Wildman–Crippen LogP) is 4.20. The molecule has 0 unspecified atom stereocenters. The summed E-state index contributed by atoms with van der Waals surface area (Å²) in [5.41, 5.74) is 5.50. The summed E-state index contributed by atoms with van der Waals surface area (Å²) in [7, 11) is -1.01. The molecule has 0 amide bonds. The van der Waals surface area contributed by atoms with Gasteiger partial charge in [-0.3, -0.25) is 6.08 Å². The standard InChI is InChI=1S/C17H17.C13H10.C8H13Si.2ClH.Zr/c1-3-12-5-7-16-14(9-12)11-15-10-13(4-2)6-8-17(15)16;1-3-7-12(8-4-1)11-13-9-5-2-6-10-13;1-9(2,3)8-6-4-5-7-8;;;/h5-11H,3-4H2,1-2H3;1-10H;4,6H,5H2,1-3H3;2*1H;/q-1;;-1;;;+2/p-2.